The van der Waals surface area contributed by atoms with Gasteiger partial charge in [0.15, 0.2) is 0 Å². The Balaban J connectivity index is 1.88. The monoisotopic (exact) mass is 296 g/mol. The lowest BCUT2D eigenvalue weighted by Gasteiger charge is -2.04. The second kappa shape index (κ2) is 7.78. The van der Waals surface area contributed by atoms with Crippen molar-refractivity contribution < 1.29 is 19.1 Å². The average Bonchev–Trinajstić information content (AvgIpc) is 2.59. The summed E-state index contributed by atoms with van der Waals surface area (Å²) in [5.74, 6) is -0.920. The van der Waals surface area contributed by atoms with Gasteiger partial charge in [-0.2, -0.15) is 0 Å². The molecular weight excluding hydrogens is 280 g/mol. The molecule has 0 atom stereocenters. The number of rotatable bonds is 6. The Labute approximate surface area is 129 Å². The van der Waals surface area contributed by atoms with E-state index >= 15 is 0 Å². The van der Waals surface area contributed by atoms with Gasteiger partial charge in [0, 0.05) is 5.56 Å². The first kappa shape index (κ1) is 15.5. The number of hydrogen-bond donors (Lipinski definition) is 0. The summed E-state index contributed by atoms with van der Waals surface area (Å²) in [5, 5.41) is 0. The van der Waals surface area contributed by atoms with Crippen LogP contribution < -0.4 is 4.74 Å². The Morgan fingerprint density at radius 2 is 1.68 bits per heavy atom. The summed E-state index contributed by atoms with van der Waals surface area (Å²) in [6, 6.07) is 16.3. The third kappa shape index (κ3) is 4.31. The zero-order chi connectivity index (χ0) is 15.8. The second-order valence-corrected chi connectivity index (χ2v) is 4.47. The summed E-state index contributed by atoms with van der Waals surface area (Å²) < 4.78 is 9.92. The van der Waals surface area contributed by atoms with Crippen LogP contribution in [0.4, 0.5) is 0 Å². The minimum absolute atomic E-state index is 0.277. The van der Waals surface area contributed by atoms with Gasteiger partial charge in [0.2, 0.25) is 0 Å². The molecular formula is C18H16O4. The van der Waals surface area contributed by atoms with Gasteiger partial charge in [-0.15, -0.1) is 0 Å². The topological polar surface area (TPSA) is 52.6 Å². The molecule has 0 spiro atoms. The van der Waals surface area contributed by atoms with Gasteiger partial charge in [0.1, 0.15) is 12.4 Å². The Bertz CT molecular complexity index is 657. The van der Waals surface area contributed by atoms with Crippen LogP contribution in [-0.2, 0) is 9.53 Å². The first-order valence-electron chi connectivity index (χ1n) is 6.78. The van der Waals surface area contributed by atoms with Gasteiger partial charge in [-0.1, -0.05) is 36.4 Å². The van der Waals surface area contributed by atoms with Gasteiger partial charge in [0.25, 0.3) is 5.78 Å². The van der Waals surface area contributed by atoms with E-state index in [0.29, 0.717) is 12.4 Å². The highest BCUT2D eigenvalue weighted by atomic mass is 16.5. The highest BCUT2D eigenvalue weighted by molar-refractivity contribution is 6.40. The van der Waals surface area contributed by atoms with Crippen LogP contribution in [0.15, 0.2) is 60.7 Å². The van der Waals surface area contributed by atoms with Crippen molar-refractivity contribution in [2.24, 2.45) is 0 Å². The molecule has 22 heavy (non-hydrogen) atoms. The normalized spacial score (nSPS) is 10.4. The molecule has 4 nitrogen and oxygen atoms in total. The molecule has 0 aliphatic rings. The fourth-order valence-electron chi connectivity index (χ4n) is 1.81. The minimum Gasteiger partial charge on any atom is -0.490 e. The van der Waals surface area contributed by atoms with Crippen molar-refractivity contribution in [3.8, 4) is 5.75 Å². The van der Waals surface area contributed by atoms with E-state index in [-0.39, 0.29) is 5.56 Å². The standard InChI is InChI=1S/C18H16O4/c1-21-18(20)17(19)15-9-11-16(12-10-15)22-13-5-8-14-6-3-2-4-7-14/h2-12H,13H2,1H3/b8-5-. The van der Waals surface area contributed by atoms with Crippen LogP contribution >= 0.6 is 0 Å². The van der Waals surface area contributed by atoms with Crippen LogP contribution in [0.25, 0.3) is 6.08 Å². The van der Waals surface area contributed by atoms with E-state index in [1.54, 1.807) is 12.1 Å². The summed E-state index contributed by atoms with van der Waals surface area (Å²) in [7, 11) is 1.18. The molecule has 0 heterocycles. The lowest BCUT2D eigenvalue weighted by Crippen LogP contribution is -2.15. The lowest BCUT2D eigenvalue weighted by molar-refractivity contribution is -0.135. The first-order valence-corrected chi connectivity index (χ1v) is 6.78. The van der Waals surface area contributed by atoms with Crippen molar-refractivity contribution in [2.75, 3.05) is 13.7 Å². The number of ketones is 1. The molecule has 2 rings (SSSR count). The molecule has 4 heteroatoms. The smallest absolute Gasteiger partial charge is 0.379 e. The van der Waals surface area contributed by atoms with Crippen LogP contribution in [-0.4, -0.2) is 25.5 Å². The highest BCUT2D eigenvalue weighted by Crippen LogP contribution is 2.13. The molecule has 112 valence electrons. The Hall–Kier alpha value is -2.88. The van der Waals surface area contributed by atoms with Crippen LogP contribution in [0.5, 0.6) is 5.75 Å². The average molecular weight is 296 g/mol. The van der Waals surface area contributed by atoms with E-state index in [1.807, 2.05) is 42.5 Å². The van der Waals surface area contributed by atoms with E-state index in [2.05, 4.69) is 4.74 Å². The summed E-state index contributed by atoms with van der Waals surface area (Å²) >= 11 is 0. The molecule has 0 amide bonds. The molecule has 0 saturated heterocycles. The number of benzene rings is 2. The van der Waals surface area contributed by atoms with E-state index < -0.39 is 11.8 Å². The van der Waals surface area contributed by atoms with Crippen LogP contribution in [0.1, 0.15) is 15.9 Å². The van der Waals surface area contributed by atoms with E-state index in [1.165, 1.54) is 19.2 Å². The maximum Gasteiger partial charge on any atom is 0.379 e. The lowest BCUT2D eigenvalue weighted by atomic mass is 10.1. The fourth-order valence-corrected chi connectivity index (χ4v) is 1.81. The largest absolute Gasteiger partial charge is 0.490 e. The Morgan fingerprint density at radius 3 is 2.32 bits per heavy atom. The molecule has 2 aromatic carbocycles. The molecule has 0 saturated carbocycles. The molecule has 0 aliphatic carbocycles. The zero-order valence-corrected chi connectivity index (χ0v) is 12.2. The van der Waals surface area contributed by atoms with Crippen molar-refractivity contribution in [2.45, 2.75) is 0 Å². The number of hydrogen-bond acceptors (Lipinski definition) is 4. The Morgan fingerprint density at radius 1 is 1.00 bits per heavy atom. The molecule has 2 aromatic rings. The molecule has 0 aromatic heterocycles. The number of Topliss-reactive ketones (excluding diaryl/α,β-unsaturated/α-hetero) is 1. The summed E-state index contributed by atoms with van der Waals surface area (Å²) in [6.45, 7) is 0.416. The predicted octanol–water partition coefficient (Wildman–Crippen LogP) is 3.13. The van der Waals surface area contributed by atoms with Crippen molar-refractivity contribution in [3.63, 3.8) is 0 Å². The molecule has 0 aliphatic heterocycles. The highest BCUT2D eigenvalue weighted by Gasteiger charge is 2.15. The van der Waals surface area contributed by atoms with Crippen molar-refractivity contribution in [3.05, 3.63) is 71.8 Å². The number of methoxy groups -OCH3 is 1. The maximum atomic E-state index is 11.6. The van der Waals surface area contributed by atoms with Crippen LogP contribution in [0.2, 0.25) is 0 Å². The third-order valence-electron chi connectivity index (χ3n) is 2.94. The number of ether oxygens (including phenoxy) is 2. The zero-order valence-electron chi connectivity index (χ0n) is 12.2. The fraction of sp³-hybridized carbons (Fsp3) is 0.111. The first-order chi connectivity index (χ1) is 10.7. The van der Waals surface area contributed by atoms with Crippen LogP contribution in [0, 0.1) is 0 Å². The quantitative estimate of drug-likeness (QED) is 0.467. The molecule has 0 radical (unpaired) electrons. The molecule has 0 N–H and O–H groups in total. The van der Waals surface area contributed by atoms with Gasteiger partial charge in [-0.3, -0.25) is 4.79 Å². The molecule has 0 fully saturated rings. The predicted molar refractivity (Wildman–Crippen MR) is 83.8 cm³/mol. The van der Waals surface area contributed by atoms with Crippen molar-refractivity contribution >= 4 is 17.8 Å². The number of carbonyl (C=O) groups is 2. The second-order valence-electron chi connectivity index (χ2n) is 4.47. The molecule has 0 bridgehead atoms. The minimum atomic E-state index is -0.875. The van der Waals surface area contributed by atoms with Crippen molar-refractivity contribution in [1.29, 1.82) is 0 Å². The SMILES string of the molecule is COC(=O)C(=O)c1ccc(OC/C=C\c2ccccc2)cc1. The Kier molecular flexibility index (Phi) is 5.49. The van der Waals surface area contributed by atoms with Gasteiger partial charge >= 0.3 is 5.97 Å². The van der Waals surface area contributed by atoms with Gasteiger partial charge in [-0.25, -0.2) is 4.79 Å². The van der Waals surface area contributed by atoms with Crippen molar-refractivity contribution in [1.82, 2.24) is 0 Å². The number of esters is 1. The van der Waals surface area contributed by atoms with Crippen LogP contribution in [0.3, 0.4) is 0 Å². The maximum absolute atomic E-state index is 11.6. The summed E-state index contributed by atoms with van der Waals surface area (Å²) in [6.07, 6.45) is 3.87. The molecule has 0 unspecified atom stereocenters. The third-order valence-corrected chi connectivity index (χ3v) is 2.94. The number of carbonyl (C=O) groups excluding carboxylic acids is 2. The summed E-state index contributed by atoms with van der Waals surface area (Å²) in [5.41, 5.74) is 1.38. The van der Waals surface area contributed by atoms with Gasteiger partial charge in [0.05, 0.1) is 7.11 Å². The van der Waals surface area contributed by atoms with Gasteiger partial charge in [-0.05, 0) is 35.9 Å². The van der Waals surface area contributed by atoms with E-state index in [9.17, 15) is 9.59 Å². The van der Waals surface area contributed by atoms with E-state index in [4.69, 9.17) is 4.74 Å². The van der Waals surface area contributed by atoms with Gasteiger partial charge < -0.3 is 9.47 Å². The summed E-state index contributed by atoms with van der Waals surface area (Å²) in [4.78, 5) is 22.7. The van der Waals surface area contributed by atoms with E-state index in [0.717, 1.165) is 5.56 Å².